The van der Waals surface area contributed by atoms with E-state index in [1.807, 2.05) is 31.2 Å². The normalized spacial score (nSPS) is 12.6. The number of para-hydroxylation sites is 1. The van der Waals surface area contributed by atoms with Gasteiger partial charge in [-0.1, -0.05) is 36.7 Å². The highest BCUT2D eigenvalue weighted by atomic mass is 35.5. The number of nitrogens with two attached hydrogens (primary N) is 1. The van der Waals surface area contributed by atoms with Crippen LogP contribution in [0.4, 0.5) is 11.4 Å². The summed E-state index contributed by atoms with van der Waals surface area (Å²) in [5, 5.41) is 13.5. The lowest BCUT2D eigenvalue weighted by atomic mass is 10.1. The number of halogens is 1. The van der Waals surface area contributed by atoms with Crippen molar-refractivity contribution >= 4 is 33.9 Å². The van der Waals surface area contributed by atoms with Crippen LogP contribution in [0.1, 0.15) is 6.92 Å². The second kappa shape index (κ2) is 5.42. The number of aliphatic hydroxyl groups excluding tert-OH is 1. The van der Waals surface area contributed by atoms with Gasteiger partial charge in [0.2, 0.25) is 0 Å². The van der Waals surface area contributed by atoms with Crippen molar-refractivity contribution < 1.29 is 5.11 Å². The summed E-state index contributed by atoms with van der Waals surface area (Å²) in [7, 11) is 0. The highest BCUT2D eigenvalue weighted by Crippen LogP contribution is 2.33. The van der Waals surface area contributed by atoms with E-state index in [1.165, 1.54) is 0 Å². The molecule has 0 aliphatic carbocycles. The second-order valence-corrected chi connectivity index (χ2v) is 4.74. The van der Waals surface area contributed by atoms with Crippen LogP contribution in [0.2, 0.25) is 5.15 Å². The Morgan fingerprint density at radius 3 is 2.89 bits per heavy atom. The third-order valence-electron chi connectivity index (χ3n) is 2.82. The molecular weight excluding hydrogens is 250 g/mol. The lowest BCUT2D eigenvalue weighted by molar-refractivity contribution is 0.244. The van der Waals surface area contributed by atoms with Crippen LogP contribution in [0.25, 0.3) is 10.9 Å². The van der Waals surface area contributed by atoms with Gasteiger partial charge in [-0.15, -0.1) is 0 Å². The van der Waals surface area contributed by atoms with Crippen molar-refractivity contribution in [2.75, 3.05) is 24.2 Å². The summed E-state index contributed by atoms with van der Waals surface area (Å²) >= 11 is 6.02. The second-order valence-electron chi connectivity index (χ2n) is 4.38. The topological polar surface area (TPSA) is 71.2 Å². The first-order valence-electron chi connectivity index (χ1n) is 5.82. The average molecular weight is 266 g/mol. The fourth-order valence-corrected chi connectivity index (χ4v) is 1.91. The number of benzene rings is 1. The molecule has 5 heteroatoms. The quantitative estimate of drug-likeness (QED) is 0.743. The van der Waals surface area contributed by atoms with Crippen molar-refractivity contribution in [2.24, 2.45) is 5.92 Å². The van der Waals surface area contributed by atoms with E-state index in [0.29, 0.717) is 17.4 Å². The third-order valence-corrected chi connectivity index (χ3v) is 3.11. The number of aliphatic hydroxyl groups is 1. The first-order valence-corrected chi connectivity index (χ1v) is 6.19. The van der Waals surface area contributed by atoms with E-state index in [2.05, 4.69) is 10.3 Å². The number of fused-ring (bicyclic) bond motifs is 1. The number of anilines is 2. The minimum absolute atomic E-state index is 0.129. The number of pyridine rings is 1. The van der Waals surface area contributed by atoms with Gasteiger partial charge >= 0.3 is 0 Å². The van der Waals surface area contributed by atoms with Gasteiger partial charge in [-0.25, -0.2) is 4.98 Å². The molecule has 0 bridgehead atoms. The summed E-state index contributed by atoms with van der Waals surface area (Å²) in [6.45, 7) is 2.71. The van der Waals surface area contributed by atoms with Crippen molar-refractivity contribution in [3.63, 3.8) is 0 Å². The molecule has 1 aromatic heterocycles. The zero-order chi connectivity index (χ0) is 13.1. The smallest absolute Gasteiger partial charge is 0.154 e. The molecule has 2 aromatic rings. The van der Waals surface area contributed by atoms with Gasteiger partial charge in [-0.05, 0) is 12.0 Å². The lowest BCUT2D eigenvalue weighted by Gasteiger charge is -2.15. The van der Waals surface area contributed by atoms with Gasteiger partial charge in [0.1, 0.15) is 0 Å². The highest BCUT2D eigenvalue weighted by molar-refractivity contribution is 6.33. The van der Waals surface area contributed by atoms with Crippen molar-refractivity contribution in [1.29, 1.82) is 0 Å². The summed E-state index contributed by atoms with van der Waals surface area (Å²) in [4.78, 5) is 4.23. The van der Waals surface area contributed by atoms with E-state index < -0.39 is 0 Å². The molecular formula is C13H16ClN3O. The van der Waals surface area contributed by atoms with Crippen molar-refractivity contribution in [2.45, 2.75) is 6.92 Å². The van der Waals surface area contributed by atoms with Gasteiger partial charge in [0.05, 0.1) is 16.9 Å². The van der Waals surface area contributed by atoms with Crippen molar-refractivity contribution in [3.05, 3.63) is 29.4 Å². The van der Waals surface area contributed by atoms with Gasteiger partial charge in [0.25, 0.3) is 0 Å². The Balaban J connectivity index is 2.43. The van der Waals surface area contributed by atoms with E-state index in [9.17, 15) is 0 Å². The summed E-state index contributed by atoms with van der Waals surface area (Å²) < 4.78 is 0. The Hall–Kier alpha value is -1.52. The molecule has 1 aromatic carbocycles. The molecule has 1 heterocycles. The average Bonchev–Trinajstić information content (AvgIpc) is 2.39. The molecule has 0 aliphatic heterocycles. The number of aromatic nitrogens is 1. The predicted molar refractivity (Wildman–Crippen MR) is 75.9 cm³/mol. The first-order chi connectivity index (χ1) is 8.63. The van der Waals surface area contributed by atoms with Crippen LogP contribution in [0, 0.1) is 5.92 Å². The van der Waals surface area contributed by atoms with Crippen molar-refractivity contribution in [1.82, 2.24) is 4.98 Å². The fraction of sp³-hybridized carbons (Fsp3) is 0.308. The van der Waals surface area contributed by atoms with Gasteiger partial charge in [-0.2, -0.15) is 0 Å². The van der Waals surface area contributed by atoms with Crippen LogP contribution in [-0.2, 0) is 0 Å². The number of hydrogen-bond acceptors (Lipinski definition) is 4. The van der Waals surface area contributed by atoms with E-state index in [1.54, 1.807) is 0 Å². The van der Waals surface area contributed by atoms with Crippen LogP contribution in [0.3, 0.4) is 0 Å². The van der Waals surface area contributed by atoms with Crippen LogP contribution < -0.4 is 11.1 Å². The van der Waals surface area contributed by atoms with Gasteiger partial charge in [0.15, 0.2) is 5.15 Å². The van der Waals surface area contributed by atoms with E-state index in [0.717, 1.165) is 16.6 Å². The number of nitrogens with one attached hydrogen (secondary N) is 1. The number of nitrogen functional groups attached to an aromatic ring is 1. The maximum absolute atomic E-state index is 9.04. The Kier molecular flexibility index (Phi) is 3.89. The molecule has 0 fully saturated rings. The van der Waals surface area contributed by atoms with Crippen LogP contribution >= 0.6 is 11.6 Å². The number of rotatable bonds is 4. The fourth-order valence-electron chi connectivity index (χ4n) is 1.73. The van der Waals surface area contributed by atoms with E-state index in [-0.39, 0.29) is 12.5 Å². The molecule has 4 nitrogen and oxygen atoms in total. The van der Waals surface area contributed by atoms with E-state index >= 15 is 0 Å². The highest BCUT2D eigenvalue weighted by Gasteiger charge is 2.11. The summed E-state index contributed by atoms with van der Waals surface area (Å²) in [6.07, 6.45) is 0. The molecule has 96 valence electrons. The first kappa shape index (κ1) is 12.9. The molecule has 18 heavy (non-hydrogen) atoms. The lowest BCUT2D eigenvalue weighted by Crippen LogP contribution is -2.15. The Bertz CT molecular complexity index is 559. The minimum Gasteiger partial charge on any atom is -0.396 e. The molecule has 0 saturated heterocycles. The monoisotopic (exact) mass is 265 g/mol. The largest absolute Gasteiger partial charge is 0.396 e. The van der Waals surface area contributed by atoms with Gasteiger partial charge in [-0.3, -0.25) is 0 Å². The molecule has 1 unspecified atom stereocenters. The molecule has 0 spiro atoms. The van der Waals surface area contributed by atoms with E-state index in [4.69, 9.17) is 22.4 Å². The SMILES string of the molecule is CC(CO)CNc1c(N)c(Cl)nc2ccccc12. The molecule has 0 saturated carbocycles. The van der Waals surface area contributed by atoms with Crippen LogP contribution in [0.5, 0.6) is 0 Å². The molecule has 2 rings (SSSR count). The standard InChI is InChI=1S/C13H16ClN3O/c1-8(7-18)6-16-12-9-4-2-3-5-10(9)17-13(14)11(12)15/h2-5,8,18H,6-7,15H2,1H3,(H,16,17). The Labute approximate surface area is 111 Å². The minimum atomic E-state index is 0.129. The molecule has 0 amide bonds. The number of hydrogen-bond donors (Lipinski definition) is 3. The molecule has 4 N–H and O–H groups in total. The van der Waals surface area contributed by atoms with Gasteiger partial charge < -0.3 is 16.2 Å². The number of nitrogens with zero attached hydrogens (tertiary/aromatic N) is 1. The van der Waals surface area contributed by atoms with Gasteiger partial charge in [0, 0.05) is 18.5 Å². The summed E-state index contributed by atoms with van der Waals surface area (Å²) in [5.74, 6) is 0.148. The Morgan fingerprint density at radius 2 is 2.17 bits per heavy atom. The van der Waals surface area contributed by atoms with Crippen LogP contribution in [-0.4, -0.2) is 23.2 Å². The summed E-state index contributed by atoms with van der Waals surface area (Å²) in [5.41, 5.74) is 7.99. The zero-order valence-electron chi connectivity index (χ0n) is 10.2. The van der Waals surface area contributed by atoms with Crippen molar-refractivity contribution in [3.8, 4) is 0 Å². The summed E-state index contributed by atoms with van der Waals surface area (Å²) in [6, 6.07) is 7.67. The maximum atomic E-state index is 9.04. The maximum Gasteiger partial charge on any atom is 0.154 e. The Morgan fingerprint density at radius 1 is 1.44 bits per heavy atom. The zero-order valence-corrected chi connectivity index (χ0v) is 10.9. The predicted octanol–water partition coefficient (Wildman–Crippen LogP) is 2.51. The molecule has 0 radical (unpaired) electrons. The molecule has 0 aliphatic rings. The molecule has 1 atom stereocenters. The third kappa shape index (κ3) is 2.49. The van der Waals surface area contributed by atoms with Crippen LogP contribution in [0.15, 0.2) is 24.3 Å².